The van der Waals surface area contributed by atoms with Gasteiger partial charge in [-0.2, -0.15) is 0 Å². The van der Waals surface area contributed by atoms with Crippen LogP contribution >= 0.6 is 22.7 Å². The van der Waals surface area contributed by atoms with Crippen LogP contribution in [0.4, 0.5) is 0 Å². The normalized spacial score (nSPS) is 10.3. The van der Waals surface area contributed by atoms with E-state index in [4.69, 9.17) is 0 Å². The molecule has 0 N–H and O–H groups in total. The van der Waals surface area contributed by atoms with Crippen LogP contribution in [0.1, 0.15) is 19.4 Å². The molecule has 0 spiro atoms. The molecule has 15 heavy (non-hydrogen) atoms. The van der Waals surface area contributed by atoms with Gasteiger partial charge in [0.2, 0.25) is 0 Å². The van der Waals surface area contributed by atoms with Crippen LogP contribution in [0, 0.1) is 6.92 Å². The van der Waals surface area contributed by atoms with Crippen LogP contribution in [-0.4, -0.2) is 0 Å². The number of hydrogen-bond acceptors (Lipinski definition) is 2. The molecule has 0 radical (unpaired) electrons. The van der Waals surface area contributed by atoms with Crippen LogP contribution in [-0.2, 0) is 0 Å². The van der Waals surface area contributed by atoms with E-state index in [0.717, 1.165) is 0 Å². The number of aryl methyl sites for hydroxylation is 1. The van der Waals surface area contributed by atoms with Crippen molar-refractivity contribution in [2.24, 2.45) is 0 Å². The van der Waals surface area contributed by atoms with Crippen LogP contribution < -0.4 is 0 Å². The smallest absolute Gasteiger partial charge is 0.0378 e. The molecular formula is C13H14S2. The van der Waals surface area contributed by atoms with Gasteiger partial charge in [0.05, 0.1) is 0 Å². The second kappa shape index (κ2) is 4.33. The van der Waals surface area contributed by atoms with Gasteiger partial charge < -0.3 is 0 Å². The molecule has 0 aliphatic heterocycles. The van der Waals surface area contributed by atoms with E-state index in [1.165, 1.54) is 25.7 Å². The molecular weight excluding hydrogens is 220 g/mol. The van der Waals surface area contributed by atoms with Crippen molar-refractivity contribution in [2.75, 3.05) is 0 Å². The van der Waals surface area contributed by atoms with Crippen molar-refractivity contribution in [1.82, 2.24) is 0 Å². The molecule has 0 aliphatic rings. The van der Waals surface area contributed by atoms with E-state index in [-0.39, 0.29) is 0 Å². The lowest BCUT2D eigenvalue weighted by atomic mass is 10.1. The SMILES string of the molecule is CC.Cc1c2ccsc2cc2ccsc12. The summed E-state index contributed by atoms with van der Waals surface area (Å²) in [6.45, 7) is 6.22. The minimum Gasteiger partial charge on any atom is -0.144 e. The van der Waals surface area contributed by atoms with E-state index in [2.05, 4.69) is 35.9 Å². The molecule has 2 heteroatoms. The minimum atomic E-state index is 1.39. The van der Waals surface area contributed by atoms with Crippen molar-refractivity contribution >= 4 is 42.8 Å². The molecule has 0 unspecified atom stereocenters. The van der Waals surface area contributed by atoms with Gasteiger partial charge in [-0.1, -0.05) is 13.8 Å². The summed E-state index contributed by atoms with van der Waals surface area (Å²) in [6, 6.07) is 6.71. The highest BCUT2D eigenvalue weighted by Gasteiger charge is 2.04. The highest BCUT2D eigenvalue weighted by Crippen LogP contribution is 2.33. The first kappa shape index (κ1) is 10.7. The maximum atomic E-state index is 2.29. The first-order valence-electron chi connectivity index (χ1n) is 5.20. The number of fused-ring (bicyclic) bond motifs is 2. The lowest BCUT2D eigenvalue weighted by molar-refractivity contribution is 1.50. The predicted octanol–water partition coefficient (Wildman–Crippen LogP) is 5.45. The molecule has 78 valence electrons. The van der Waals surface area contributed by atoms with Gasteiger partial charge in [0, 0.05) is 9.40 Å². The van der Waals surface area contributed by atoms with Gasteiger partial charge in [0.1, 0.15) is 0 Å². The van der Waals surface area contributed by atoms with Gasteiger partial charge in [-0.3, -0.25) is 0 Å². The Bertz CT molecular complexity index is 524. The van der Waals surface area contributed by atoms with E-state index in [1.54, 1.807) is 0 Å². The van der Waals surface area contributed by atoms with Gasteiger partial charge in [-0.05, 0) is 52.2 Å². The summed E-state index contributed by atoms with van der Waals surface area (Å²) in [4.78, 5) is 0. The molecule has 0 fully saturated rings. The molecule has 1 aromatic carbocycles. The maximum absolute atomic E-state index is 2.29. The summed E-state index contributed by atoms with van der Waals surface area (Å²) >= 11 is 3.66. The van der Waals surface area contributed by atoms with Gasteiger partial charge in [-0.15, -0.1) is 22.7 Å². The molecule has 0 amide bonds. The van der Waals surface area contributed by atoms with Gasteiger partial charge in [0.25, 0.3) is 0 Å². The van der Waals surface area contributed by atoms with Crippen molar-refractivity contribution in [1.29, 1.82) is 0 Å². The van der Waals surface area contributed by atoms with Crippen molar-refractivity contribution in [3.8, 4) is 0 Å². The lowest BCUT2D eigenvalue weighted by Gasteiger charge is -1.97. The Morgan fingerprint density at radius 2 is 1.73 bits per heavy atom. The number of hydrogen-bond donors (Lipinski definition) is 0. The van der Waals surface area contributed by atoms with E-state index in [0.29, 0.717) is 0 Å². The fraction of sp³-hybridized carbons (Fsp3) is 0.231. The summed E-state index contributed by atoms with van der Waals surface area (Å²) in [5.74, 6) is 0. The van der Waals surface area contributed by atoms with Crippen LogP contribution in [0.5, 0.6) is 0 Å². The summed E-state index contributed by atoms with van der Waals surface area (Å²) < 4.78 is 2.84. The van der Waals surface area contributed by atoms with Gasteiger partial charge >= 0.3 is 0 Å². The standard InChI is InChI=1S/C11H8S2.C2H6/c1-7-9-3-5-12-10(9)6-8-2-4-13-11(7)8;1-2/h2-6H,1H3;1-2H3. The third-order valence-electron chi connectivity index (χ3n) is 2.42. The minimum absolute atomic E-state index is 1.39. The first-order valence-corrected chi connectivity index (χ1v) is 6.96. The fourth-order valence-electron chi connectivity index (χ4n) is 1.74. The Labute approximate surface area is 98.2 Å². The maximum Gasteiger partial charge on any atom is 0.0378 e. The molecule has 0 bridgehead atoms. The molecule has 2 heterocycles. The van der Waals surface area contributed by atoms with E-state index >= 15 is 0 Å². The molecule has 0 saturated carbocycles. The predicted molar refractivity (Wildman–Crippen MR) is 73.3 cm³/mol. The fourth-order valence-corrected chi connectivity index (χ4v) is 3.54. The van der Waals surface area contributed by atoms with Crippen molar-refractivity contribution < 1.29 is 0 Å². The number of thiophene rings is 2. The highest BCUT2D eigenvalue weighted by atomic mass is 32.1. The average Bonchev–Trinajstić information content (AvgIpc) is 2.89. The van der Waals surface area contributed by atoms with Crippen molar-refractivity contribution in [3.05, 3.63) is 34.5 Å². The van der Waals surface area contributed by atoms with Crippen LogP contribution in [0.2, 0.25) is 0 Å². The summed E-state index contributed by atoms with van der Waals surface area (Å²) in [7, 11) is 0. The summed E-state index contributed by atoms with van der Waals surface area (Å²) in [5.41, 5.74) is 1.43. The van der Waals surface area contributed by atoms with Crippen LogP contribution in [0.3, 0.4) is 0 Å². The Morgan fingerprint density at radius 1 is 1.00 bits per heavy atom. The Kier molecular flexibility index (Phi) is 3.08. The Hall–Kier alpha value is -0.860. The largest absolute Gasteiger partial charge is 0.144 e. The summed E-state index contributed by atoms with van der Waals surface area (Å²) in [5, 5.41) is 7.14. The van der Waals surface area contributed by atoms with Crippen LogP contribution in [0.15, 0.2) is 29.0 Å². The second-order valence-electron chi connectivity index (χ2n) is 3.17. The zero-order chi connectivity index (χ0) is 10.8. The zero-order valence-electron chi connectivity index (χ0n) is 9.20. The topological polar surface area (TPSA) is 0 Å². The highest BCUT2D eigenvalue weighted by molar-refractivity contribution is 7.19. The van der Waals surface area contributed by atoms with E-state index in [9.17, 15) is 0 Å². The number of rotatable bonds is 0. The first-order chi connectivity index (χ1) is 7.36. The molecule has 0 aliphatic carbocycles. The third kappa shape index (κ3) is 1.68. The van der Waals surface area contributed by atoms with Crippen molar-refractivity contribution in [2.45, 2.75) is 20.8 Å². The molecule has 0 saturated heterocycles. The molecule has 3 aromatic rings. The van der Waals surface area contributed by atoms with E-state index < -0.39 is 0 Å². The van der Waals surface area contributed by atoms with Crippen molar-refractivity contribution in [3.63, 3.8) is 0 Å². The average molecular weight is 234 g/mol. The molecule has 0 nitrogen and oxygen atoms in total. The monoisotopic (exact) mass is 234 g/mol. The third-order valence-corrected chi connectivity index (χ3v) is 4.34. The molecule has 0 atom stereocenters. The summed E-state index contributed by atoms with van der Waals surface area (Å²) in [6.07, 6.45) is 0. The second-order valence-corrected chi connectivity index (χ2v) is 5.04. The number of benzene rings is 1. The molecule has 3 rings (SSSR count). The zero-order valence-corrected chi connectivity index (χ0v) is 10.8. The molecule has 2 aromatic heterocycles. The van der Waals surface area contributed by atoms with Crippen LogP contribution in [0.25, 0.3) is 20.2 Å². The Morgan fingerprint density at radius 3 is 2.53 bits per heavy atom. The quantitative estimate of drug-likeness (QED) is 0.485. The van der Waals surface area contributed by atoms with E-state index in [1.807, 2.05) is 36.5 Å². The van der Waals surface area contributed by atoms with Gasteiger partial charge in [-0.25, -0.2) is 0 Å². The lowest BCUT2D eigenvalue weighted by Crippen LogP contribution is -1.72. The Balaban J connectivity index is 0.000000404. The van der Waals surface area contributed by atoms with Gasteiger partial charge in [0.15, 0.2) is 0 Å².